The lowest BCUT2D eigenvalue weighted by Crippen LogP contribution is -2.27. The molecule has 3 aromatic carbocycles. The van der Waals surface area contributed by atoms with Gasteiger partial charge in [0.1, 0.15) is 5.75 Å². The van der Waals surface area contributed by atoms with Crippen molar-refractivity contribution < 1.29 is 24.2 Å². The van der Waals surface area contributed by atoms with E-state index in [9.17, 15) is 29.8 Å². The van der Waals surface area contributed by atoms with E-state index in [2.05, 4.69) is 15.9 Å². The van der Waals surface area contributed by atoms with Crippen molar-refractivity contribution in [3.8, 4) is 11.5 Å². The van der Waals surface area contributed by atoms with E-state index >= 15 is 0 Å². The zero-order chi connectivity index (χ0) is 25.1. The maximum absolute atomic E-state index is 12.8. The molecule has 35 heavy (non-hydrogen) atoms. The number of thioether (sulfide) groups is 1. The van der Waals surface area contributed by atoms with Crippen LogP contribution in [0.4, 0.5) is 16.2 Å². The number of carbonyl (C=O) groups excluding carboxylic acids is 2. The van der Waals surface area contributed by atoms with Gasteiger partial charge in [-0.2, -0.15) is 0 Å². The van der Waals surface area contributed by atoms with Crippen LogP contribution in [0.25, 0.3) is 6.08 Å². The standard InChI is InChI=1S/C23H14BrN3O7S/c24-18-4-2-1-3-15(18)13-25-22(28)21(35-23(25)29)11-14-5-8-17(9-6-14)34-20-10-7-16(26(30)31)12-19(20)27(32)33/h1-12H,13H2/b21-11+. The van der Waals surface area contributed by atoms with E-state index in [1.54, 1.807) is 18.2 Å². The fourth-order valence-electron chi connectivity index (χ4n) is 3.19. The van der Waals surface area contributed by atoms with E-state index in [4.69, 9.17) is 4.74 Å². The molecule has 1 aliphatic heterocycles. The van der Waals surface area contributed by atoms with Crippen molar-refractivity contribution >= 4 is 56.3 Å². The second-order valence-electron chi connectivity index (χ2n) is 7.20. The van der Waals surface area contributed by atoms with Crippen molar-refractivity contribution in [1.82, 2.24) is 4.90 Å². The van der Waals surface area contributed by atoms with Crippen LogP contribution in [0.15, 0.2) is 76.1 Å². The molecule has 0 bridgehead atoms. The summed E-state index contributed by atoms with van der Waals surface area (Å²) in [7, 11) is 0. The Morgan fingerprint density at radius 1 is 0.971 bits per heavy atom. The van der Waals surface area contributed by atoms with E-state index in [0.29, 0.717) is 5.56 Å². The molecule has 0 spiro atoms. The maximum atomic E-state index is 12.8. The molecule has 3 aromatic rings. The third-order valence-electron chi connectivity index (χ3n) is 4.92. The van der Waals surface area contributed by atoms with Crippen LogP contribution in [0, 0.1) is 20.2 Å². The number of amides is 2. The van der Waals surface area contributed by atoms with Gasteiger partial charge in [-0.25, -0.2) is 0 Å². The van der Waals surface area contributed by atoms with Gasteiger partial charge in [0, 0.05) is 10.5 Å². The SMILES string of the molecule is O=C1S/C(=C/c2ccc(Oc3ccc([N+](=O)[O-])cc3[N+](=O)[O-])cc2)C(=O)N1Cc1ccccc1Br. The fraction of sp³-hybridized carbons (Fsp3) is 0.0435. The largest absolute Gasteiger partial charge is 0.450 e. The molecule has 12 heteroatoms. The zero-order valence-corrected chi connectivity index (χ0v) is 20.0. The molecule has 176 valence electrons. The molecule has 0 atom stereocenters. The van der Waals surface area contributed by atoms with Gasteiger partial charge >= 0.3 is 5.69 Å². The minimum Gasteiger partial charge on any atom is -0.450 e. The first-order chi connectivity index (χ1) is 16.7. The number of carbonyl (C=O) groups is 2. The molecule has 0 unspecified atom stereocenters. The van der Waals surface area contributed by atoms with Crippen LogP contribution in [-0.4, -0.2) is 25.9 Å². The number of benzene rings is 3. The van der Waals surface area contributed by atoms with E-state index < -0.39 is 27.1 Å². The molecule has 4 rings (SSSR count). The highest BCUT2D eigenvalue weighted by atomic mass is 79.9. The van der Waals surface area contributed by atoms with Crippen molar-refractivity contribution in [3.05, 3.63) is 107 Å². The second-order valence-corrected chi connectivity index (χ2v) is 9.04. The Kier molecular flexibility index (Phi) is 6.94. The van der Waals surface area contributed by atoms with Crippen LogP contribution in [0.2, 0.25) is 0 Å². The van der Waals surface area contributed by atoms with E-state index in [1.165, 1.54) is 17.0 Å². The number of rotatable bonds is 7. The number of nitrogens with zero attached hydrogens (tertiary/aromatic N) is 3. The third kappa shape index (κ3) is 5.39. The number of nitro groups is 2. The molecule has 0 aliphatic carbocycles. The summed E-state index contributed by atoms with van der Waals surface area (Å²) in [6, 6.07) is 16.7. The Balaban J connectivity index is 1.50. The highest BCUT2D eigenvalue weighted by Gasteiger charge is 2.35. The number of hydrogen-bond donors (Lipinski definition) is 0. The van der Waals surface area contributed by atoms with Crippen LogP contribution in [-0.2, 0) is 11.3 Å². The lowest BCUT2D eigenvalue weighted by Gasteiger charge is -2.13. The van der Waals surface area contributed by atoms with Crippen molar-refractivity contribution in [2.75, 3.05) is 0 Å². The second kappa shape index (κ2) is 10.1. The highest BCUT2D eigenvalue weighted by molar-refractivity contribution is 9.10. The summed E-state index contributed by atoms with van der Waals surface area (Å²) in [5, 5.41) is 21.8. The summed E-state index contributed by atoms with van der Waals surface area (Å²) < 4.78 is 6.34. The molecule has 10 nitrogen and oxygen atoms in total. The van der Waals surface area contributed by atoms with Gasteiger partial charge in [0.05, 0.1) is 27.4 Å². The minimum absolute atomic E-state index is 0.143. The van der Waals surface area contributed by atoms with Gasteiger partial charge in [0.15, 0.2) is 0 Å². The summed E-state index contributed by atoms with van der Waals surface area (Å²) >= 11 is 4.25. The molecular weight excluding hydrogens is 542 g/mol. The van der Waals surface area contributed by atoms with Crippen LogP contribution in [0.1, 0.15) is 11.1 Å². The average Bonchev–Trinajstić information content (AvgIpc) is 3.09. The summed E-state index contributed by atoms with van der Waals surface area (Å²) in [6.45, 7) is 0.143. The zero-order valence-electron chi connectivity index (χ0n) is 17.6. The smallest absolute Gasteiger partial charge is 0.318 e. The first kappa shape index (κ1) is 24.1. The van der Waals surface area contributed by atoms with Crippen molar-refractivity contribution in [1.29, 1.82) is 0 Å². The molecule has 1 aliphatic rings. The predicted octanol–water partition coefficient (Wildman–Crippen LogP) is 6.29. The number of hydrogen-bond acceptors (Lipinski definition) is 8. The van der Waals surface area contributed by atoms with Crippen LogP contribution in [0.3, 0.4) is 0 Å². The molecule has 1 heterocycles. The maximum Gasteiger partial charge on any atom is 0.318 e. The first-order valence-electron chi connectivity index (χ1n) is 9.92. The lowest BCUT2D eigenvalue weighted by atomic mass is 10.2. The van der Waals surface area contributed by atoms with E-state index in [1.807, 2.05) is 24.3 Å². The van der Waals surface area contributed by atoms with Gasteiger partial charge in [-0.1, -0.05) is 46.3 Å². The van der Waals surface area contributed by atoms with Gasteiger partial charge in [0.2, 0.25) is 5.75 Å². The van der Waals surface area contributed by atoms with Crippen molar-refractivity contribution in [2.45, 2.75) is 6.54 Å². The minimum atomic E-state index is -0.763. The monoisotopic (exact) mass is 555 g/mol. The van der Waals surface area contributed by atoms with Gasteiger partial charge < -0.3 is 4.74 Å². The Labute approximate surface area is 210 Å². The first-order valence-corrected chi connectivity index (χ1v) is 11.5. The molecule has 0 N–H and O–H groups in total. The quantitative estimate of drug-likeness (QED) is 0.188. The average molecular weight is 556 g/mol. The predicted molar refractivity (Wildman–Crippen MR) is 132 cm³/mol. The van der Waals surface area contributed by atoms with Crippen LogP contribution < -0.4 is 4.74 Å². The third-order valence-corrected chi connectivity index (χ3v) is 6.60. The Hall–Kier alpha value is -4.03. The Morgan fingerprint density at radius 3 is 2.34 bits per heavy atom. The summed E-state index contributed by atoms with van der Waals surface area (Å²) in [5.74, 6) is -0.305. The van der Waals surface area contributed by atoms with Crippen molar-refractivity contribution in [2.24, 2.45) is 0 Å². The number of halogens is 1. The van der Waals surface area contributed by atoms with Crippen LogP contribution in [0.5, 0.6) is 11.5 Å². The van der Waals surface area contributed by atoms with Crippen molar-refractivity contribution in [3.63, 3.8) is 0 Å². The normalized spacial score (nSPS) is 14.4. The fourth-order valence-corrected chi connectivity index (χ4v) is 4.44. The molecule has 1 saturated heterocycles. The van der Waals surface area contributed by atoms with Crippen LogP contribution >= 0.6 is 27.7 Å². The lowest BCUT2D eigenvalue weighted by molar-refractivity contribution is -0.394. The van der Waals surface area contributed by atoms with E-state index in [0.717, 1.165) is 40.0 Å². The highest BCUT2D eigenvalue weighted by Crippen LogP contribution is 2.36. The van der Waals surface area contributed by atoms with Gasteiger partial charge in [0.25, 0.3) is 16.8 Å². The summed E-state index contributed by atoms with van der Waals surface area (Å²) in [4.78, 5) is 47.3. The number of ether oxygens (including phenoxy) is 1. The van der Waals surface area contributed by atoms with Gasteiger partial charge in [-0.05, 0) is 53.2 Å². The Morgan fingerprint density at radius 2 is 1.69 bits per heavy atom. The molecule has 1 fully saturated rings. The molecule has 0 radical (unpaired) electrons. The summed E-state index contributed by atoms with van der Waals surface area (Å²) in [5.41, 5.74) is 0.454. The molecule has 0 aromatic heterocycles. The van der Waals surface area contributed by atoms with Gasteiger partial charge in [-0.15, -0.1) is 0 Å². The molecule has 2 amide bonds. The molecule has 0 saturated carbocycles. The number of imide groups is 1. The van der Waals surface area contributed by atoms with E-state index in [-0.39, 0.29) is 28.2 Å². The Bertz CT molecular complexity index is 1390. The molecular formula is C23H14BrN3O7S. The van der Waals surface area contributed by atoms with Gasteiger partial charge in [-0.3, -0.25) is 34.7 Å². The summed E-state index contributed by atoms with van der Waals surface area (Å²) in [6.07, 6.45) is 1.57. The topological polar surface area (TPSA) is 133 Å². The number of non-ortho nitro benzene ring substituents is 1. The number of nitro benzene ring substituents is 2.